The molecule has 14 heteroatoms. The molecule has 1 aliphatic heterocycles. The zero-order valence-corrected chi connectivity index (χ0v) is 27.0. The first-order valence-corrected chi connectivity index (χ1v) is 16.5. The van der Waals surface area contributed by atoms with Gasteiger partial charge in [0.05, 0.1) is 25.1 Å². The molecule has 2 aromatic heterocycles. The Morgan fingerprint density at radius 1 is 1.07 bits per heavy atom. The number of amides is 2. The van der Waals surface area contributed by atoms with Gasteiger partial charge in [-0.2, -0.15) is 14.9 Å². The summed E-state index contributed by atoms with van der Waals surface area (Å²) in [5, 5.41) is 9.59. The molecule has 2 aromatic rings. The van der Waals surface area contributed by atoms with Crippen molar-refractivity contribution in [1.82, 2.24) is 19.5 Å². The number of aliphatic hydroxyl groups excluding tert-OH is 1. The maximum Gasteiger partial charge on any atom is 0.425 e. The van der Waals surface area contributed by atoms with Crippen LogP contribution in [0.2, 0.25) is 23.4 Å². The number of aromatic nitrogens is 4. The van der Waals surface area contributed by atoms with E-state index in [1.54, 1.807) is 46.1 Å². The molecule has 0 aromatic carbocycles. The average Bonchev–Trinajstić information content (AvgIpc) is 3.33. The molecule has 0 aliphatic carbocycles. The lowest BCUT2D eigenvalue weighted by molar-refractivity contribution is -0.0460. The van der Waals surface area contributed by atoms with Crippen LogP contribution in [0.5, 0.6) is 0 Å². The van der Waals surface area contributed by atoms with Crippen molar-refractivity contribution in [3.63, 3.8) is 0 Å². The molecule has 1 saturated heterocycles. The third-order valence-corrected chi connectivity index (χ3v) is 11.3. The summed E-state index contributed by atoms with van der Waals surface area (Å²) in [5.41, 5.74) is -1.53. The Labute approximate surface area is 241 Å². The van der Waals surface area contributed by atoms with Gasteiger partial charge < -0.3 is 23.7 Å². The van der Waals surface area contributed by atoms with Crippen molar-refractivity contribution in [3.8, 4) is 0 Å². The number of nitrogens with zero attached hydrogens (tertiary/aromatic N) is 5. The smallest absolute Gasteiger partial charge is 0.425 e. The van der Waals surface area contributed by atoms with Gasteiger partial charge in [0.15, 0.2) is 31.5 Å². The molecule has 40 heavy (non-hydrogen) atoms. The number of halogens is 1. The van der Waals surface area contributed by atoms with Crippen molar-refractivity contribution in [2.45, 2.75) is 117 Å². The molecule has 224 valence electrons. The molecule has 1 N–H and O–H groups in total. The molecule has 1 fully saturated rings. The second-order valence-corrected chi connectivity index (χ2v) is 18.5. The summed E-state index contributed by atoms with van der Waals surface area (Å²) in [6, 6.07) is 0. The third-order valence-electron chi connectivity index (χ3n) is 6.61. The molecule has 3 heterocycles. The first-order valence-electron chi connectivity index (χ1n) is 13.2. The number of fused-ring (bicyclic) bond motifs is 1. The van der Waals surface area contributed by atoms with Crippen molar-refractivity contribution in [3.05, 3.63) is 11.6 Å². The Morgan fingerprint density at radius 2 is 1.62 bits per heavy atom. The van der Waals surface area contributed by atoms with Crippen LogP contribution in [0.25, 0.3) is 11.2 Å². The molecule has 0 unspecified atom stereocenters. The third kappa shape index (κ3) is 7.30. The van der Waals surface area contributed by atoms with E-state index in [9.17, 15) is 14.7 Å². The van der Waals surface area contributed by atoms with Crippen molar-refractivity contribution in [2.75, 3.05) is 11.5 Å². The van der Waals surface area contributed by atoms with Gasteiger partial charge in [-0.3, -0.25) is 4.57 Å². The molecule has 12 nitrogen and oxygen atoms in total. The van der Waals surface area contributed by atoms with E-state index in [1.165, 1.54) is 6.33 Å². The summed E-state index contributed by atoms with van der Waals surface area (Å²) in [7, 11) is -2.23. The highest BCUT2D eigenvalue weighted by Gasteiger charge is 2.46. The van der Waals surface area contributed by atoms with Crippen molar-refractivity contribution in [2.24, 2.45) is 0 Å². The Balaban J connectivity index is 2.14. The minimum Gasteiger partial charge on any atom is -0.443 e. The number of hydrogen-bond acceptors (Lipinski definition) is 10. The summed E-state index contributed by atoms with van der Waals surface area (Å²) in [5.74, 6) is -0.198. The van der Waals surface area contributed by atoms with Crippen LogP contribution in [-0.2, 0) is 18.6 Å². The number of rotatable bonds is 5. The maximum atomic E-state index is 13.3. The van der Waals surface area contributed by atoms with Crippen LogP contribution in [0, 0.1) is 0 Å². The van der Waals surface area contributed by atoms with Gasteiger partial charge in [0.2, 0.25) is 5.28 Å². The lowest BCUT2D eigenvalue weighted by atomic mass is 10.2. The Bertz CT molecular complexity index is 1220. The second kappa shape index (κ2) is 11.2. The predicted octanol–water partition coefficient (Wildman–Crippen LogP) is 5.83. The average molecular weight is 600 g/mol. The topological polar surface area (TPSA) is 138 Å². The monoisotopic (exact) mass is 599 g/mol. The molecule has 3 atom stereocenters. The maximum absolute atomic E-state index is 13.3. The van der Waals surface area contributed by atoms with Gasteiger partial charge >= 0.3 is 12.2 Å². The van der Waals surface area contributed by atoms with E-state index >= 15 is 0 Å². The van der Waals surface area contributed by atoms with Gasteiger partial charge in [0, 0.05) is 6.42 Å². The van der Waals surface area contributed by atoms with E-state index < -0.39 is 50.1 Å². The lowest BCUT2D eigenvalue weighted by Crippen LogP contribution is -2.45. The molecule has 3 rings (SSSR count). The van der Waals surface area contributed by atoms with Gasteiger partial charge in [0.25, 0.3) is 0 Å². The molecule has 1 aliphatic rings. The van der Waals surface area contributed by atoms with Crippen LogP contribution in [0.15, 0.2) is 6.33 Å². The highest BCUT2D eigenvalue weighted by Crippen LogP contribution is 2.42. The van der Waals surface area contributed by atoms with E-state index in [-0.39, 0.29) is 33.9 Å². The number of anilines is 1. The number of carbonyl (C=O) groups is 2. The second-order valence-electron chi connectivity index (χ2n) is 13.4. The molecule has 0 bridgehead atoms. The molecule has 0 radical (unpaired) electrons. The van der Waals surface area contributed by atoms with Crippen molar-refractivity contribution in [1.29, 1.82) is 0 Å². The van der Waals surface area contributed by atoms with Crippen LogP contribution in [0.4, 0.5) is 15.4 Å². The van der Waals surface area contributed by atoms with Crippen LogP contribution in [0.3, 0.4) is 0 Å². The molecule has 0 spiro atoms. The van der Waals surface area contributed by atoms with Crippen LogP contribution in [0.1, 0.15) is 75.0 Å². The van der Waals surface area contributed by atoms with Gasteiger partial charge in [-0.1, -0.05) is 20.8 Å². The van der Waals surface area contributed by atoms with Crippen LogP contribution < -0.4 is 4.90 Å². The van der Waals surface area contributed by atoms with E-state index in [0.29, 0.717) is 11.3 Å². The summed E-state index contributed by atoms with van der Waals surface area (Å²) >= 11 is 6.34. The summed E-state index contributed by atoms with van der Waals surface area (Å²) in [6.07, 6.45) is -1.68. The standard InChI is InChI=1S/C26H42ClN5O7Si/c1-24(2,3)37-22(34)32(23(35)38-25(4,5)6)19-17-18(29-21(27)30-19)31(14-28-17)20-16(12-15(13-33)36-20)39-40(10,11)26(7,8)9/h14-16,20,33H,12-13H2,1-11H3/t15-,16+,20+/m0/s1. The number of aliphatic hydroxyl groups is 1. The van der Waals surface area contributed by atoms with Gasteiger partial charge in [-0.15, -0.1) is 0 Å². The fourth-order valence-corrected chi connectivity index (χ4v) is 5.30. The fourth-order valence-electron chi connectivity index (χ4n) is 3.82. The number of ether oxygens (including phenoxy) is 3. The molecule has 0 saturated carbocycles. The summed E-state index contributed by atoms with van der Waals surface area (Å²) in [6.45, 7) is 20.6. The first-order chi connectivity index (χ1) is 18.1. The Hall–Kier alpha value is -2.32. The minimum atomic E-state index is -2.23. The zero-order chi connectivity index (χ0) is 30.4. The fraction of sp³-hybridized carbons (Fsp3) is 0.731. The van der Waals surface area contributed by atoms with E-state index in [4.69, 9.17) is 30.2 Å². The molecular weight excluding hydrogens is 558 g/mol. The van der Waals surface area contributed by atoms with Crippen LogP contribution >= 0.6 is 11.6 Å². The number of imide groups is 1. The van der Waals surface area contributed by atoms with Crippen molar-refractivity contribution < 1.29 is 33.3 Å². The Kier molecular flexibility index (Phi) is 8.98. The normalized spacial score (nSPS) is 20.6. The zero-order valence-electron chi connectivity index (χ0n) is 25.2. The molecular formula is C26H42ClN5O7Si. The quantitative estimate of drug-likeness (QED) is 0.330. The van der Waals surface area contributed by atoms with Gasteiger partial charge in [-0.05, 0) is 71.3 Å². The highest BCUT2D eigenvalue weighted by atomic mass is 35.5. The summed E-state index contributed by atoms with van der Waals surface area (Å²) < 4.78 is 25.5. The molecule has 2 amide bonds. The number of carbonyl (C=O) groups excluding carboxylic acids is 2. The van der Waals surface area contributed by atoms with E-state index in [2.05, 4.69) is 48.8 Å². The minimum absolute atomic E-state index is 0.0637. The van der Waals surface area contributed by atoms with Gasteiger partial charge in [0.1, 0.15) is 11.2 Å². The van der Waals surface area contributed by atoms with Crippen molar-refractivity contribution >= 4 is 49.1 Å². The van der Waals surface area contributed by atoms with Crippen LogP contribution in [-0.4, -0.2) is 75.1 Å². The SMILES string of the molecule is CC(C)(C)OC(=O)N(C(=O)OC(C)(C)C)c1nc(Cl)nc2c1ncn2[C@@H]1O[C@H](CO)C[C@H]1O[Si](C)(C)C(C)(C)C. The first kappa shape index (κ1) is 32.2. The summed E-state index contributed by atoms with van der Waals surface area (Å²) in [4.78, 5) is 40.2. The number of hydrogen-bond donors (Lipinski definition) is 1. The van der Waals surface area contributed by atoms with E-state index in [1.807, 2.05) is 0 Å². The van der Waals surface area contributed by atoms with E-state index in [0.717, 1.165) is 0 Å². The predicted molar refractivity (Wildman–Crippen MR) is 153 cm³/mol. The lowest BCUT2D eigenvalue weighted by Gasteiger charge is -2.39. The largest absolute Gasteiger partial charge is 0.443 e. The van der Waals surface area contributed by atoms with Gasteiger partial charge in [-0.25, -0.2) is 14.6 Å². The number of imidazole rings is 1. The Morgan fingerprint density at radius 3 is 2.10 bits per heavy atom. The highest BCUT2D eigenvalue weighted by molar-refractivity contribution is 6.74.